The average molecular weight is 330 g/mol. The molecule has 128 valence electrons. The molecule has 0 bridgehead atoms. The fourth-order valence-corrected chi connectivity index (χ4v) is 2.04. The molecule has 1 atom stereocenters. The number of carbonyl (C=O) groups excluding carboxylic acids is 2. The van der Waals surface area contributed by atoms with Crippen LogP contribution in [0.15, 0.2) is 24.3 Å². The van der Waals surface area contributed by atoms with Crippen molar-refractivity contribution < 1.29 is 19.1 Å². The lowest BCUT2D eigenvalue weighted by Crippen LogP contribution is -2.27. The number of nitrogens with one attached hydrogen (secondary N) is 1. The fourth-order valence-electron chi connectivity index (χ4n) is 2.04. The van der Waals surface area contributed by atoms with Gasteiger partial charge in [-0.05, 0) is 24.0 Å². The van der Waals surface area contributed by atoms with Gasteiger partial charge in [-0.3, -0.25) is 4.79 Å². The van der Waals surface area contributed by atoms with Gasteiger partial charge in [-0.1, -0.05) is 39.0 Å². The summed E-state index contributed by atoms with van der Waals surface area (Å²) in [6.45, 7) is 6.59. The van der Waals surface area contributed by atoms with Crippen LogP contribution in [0.1, 0.15) is 33.3 Å². The third-order valence-electron chi connectivity index (χ3n) is 3.30. The van der Waals surface area contributed by atoms with Gasteiger partial charge in [0.15, 0.2) is 19.0 Å². The van der Waals surface area contributed by atoms with E-state index in [1.54, 1.807) is 12.1 Å². The van der Waals surface area contributed by atoms with Crippen molar-refractivity contribution in [2.24, 2.45) is 5.92 Å². The Morgan fingerprint density at radius 2 is 1.88 bits per heavy atom. The molecular weight excluding hydrogens is 308 g/mol. The smallest absolute Gasteiger partial charge is 0.344 e. The number of rotatable bonds is 7. The number of hydrogen-bond acceptors (Lipinski definition) is 6. The maximum absolute atomic E-state index is 11.7. The van der Waals surface area contributed by atoms with Gasteiger partial charge in [-0.25, -0.2) is 4.79 Å². The van der Waals surface area contributed by atoms with Crippen LogP contribution in [0.3, 0.4) is 0 Å². The highest BCUT2D eigenvalue weighted by atomic mass is 16.6. The highest BCUT2D eigenvalue weighted by Crippen LogP contribution is 2.30. The number of ketones is 1. The van der Waals surface area contributed by atoms with E-state index in [0.717, 1.165) is 5.56 Å². The molecule has 0 saturated carbocycles. The fraction of sp³-hybridized carbons (Fsp3) is 0.444. The zero-order chi connectivity index (χ0) is 18.3. The molecule has 1 rings (SSSR count). The molecule has 0 heterocycles. The van der Waals surface area contributed by atoms with Gasteiger partial charge in [0.2, 0.25) is 0 Å². The van der Waals surface area contributed by atoms with Gasteiger partial charge in [0.1, 0.15) is 11.7 Å². The number of Topliss-reactive ketones (excluding diaryl/α,β-unsaturated/α-hetero) is 1. The second-order valence-electron chi connectivity index (χ2n) is 6.41. The molecule has 0 aromatic heterocycles. The Kier molecular flexibility index (Phi) is 6.66. The van der Waals surface area contributed by atoms with Gasteiger partial charge in [0.25, 0.3) is 0 Å². The lowest BCUT2D eigenvalue weighted by atomic mass is 9.86. The topological polar surface area (TPSA) is 100 Å². The minimum Gasteiger partial charge on any atom is -0.482 e. The summed E-state index contributed by atoms with van der Waals surface area (Å²) < 4.78 is 10.3. The van der Waals surface area contributed by atoms with Crippen molar-refractivity contribution in [1.29, 1.82) is 10.7 Å². The van der Waals surface area contributed by atoms with Crippen LogP contribution >= 0.6 is 0 Å². The monoisotopic (exact) mass is 330 g/mol. The van der Waals surface area contributed by atoms with E-state index in [9.17, 15) is 9.59 Å². The lowest BCUT2D eigenvalue weighted by molar-refractivity contribution is -0.150. The van der Waals surface area contributed by atoms with E-state index < -0.39 is 24.3 Å². The number of benzene rings is 1. The molecule has 6 nitrogen and oxygen atoms in total. The Labute approximate surface area is 141 Å². The maximum Gasteiger partial charge on any atom is 0.344 e. The largest absolute Gasteiger partial charge is 0.482 e. The lowest BCUT2D eigenvalue weighted by Gasteiger charge is -2.22. The summed E-state index contributed by atoms with van der Waals surface area (Å²) in [6, 6.07) is 9.11. The Bertz CT molecular complexity index is 668. The summed E-state index contributed by atoms with van der Waals surface area (Å²) in [7, 11) is 0. The Morgan fingerprint density at radius 3 is 2.42 bits per heavy atom. The Morgan fingerprint density at radius 1 is 1.25 bits per heavy atom. The van der Waals surface area contributed by atoms with E-state index in [1.807, 2.05) is 39.0 Å². The predicted octanol–water partition coefficient (Wildman–Crippen LogP) is 2.65. The molecule has 0 aliphatic heterocycles. The first-order valence-electron chi connectivity index (χ1n) is 7.52. The summed E-state index contributed by atoms with van der Waals surface area (Å²) >= 11 is 0. The van der Waals surface area contributed by atoms with Crippen LogP contribution in [-0.4, -0.2) is 30.7 Å². The third kappa shape index (κ3) is 5.51. The molecule has 0 saturated heterocycles. The van der Waals surface area contributed by atoms with Crippen LogP contribution in [0.5, 0.6) is 5.75 Å². The van der Waals surface area contributed by atoms with E-state index in [0.29, 0.717) is 5.75 Å². The second kappa shape index (κ2) is 8.25. The molecule has 24 heavy (non-hydrogen) atoms. The van der Waals surface area contributed by atoms with Crippen molar-refractivity contribution in [3.8, 4) is 11.8 Å². The van der Waals surface area contributed by atoms with E-state index in [2.05, 4.69) is 0 Å². The Balaban J connectivity index is 2.58. The summed E-state index contributed by atoms with van der Waals surface area (Å²) in [4.78, 5) is 23.4. The molecule has 0 amide bonds. The van der Waals surface area contributed by atoms with Crippen LogP contribution < -0.4 is 4.74 Å². The number of nitriles is 1. The molecule has 0 fully saturated rings. The standard InChI is InChI=1S/C18H22N2O4/c1-12(20)13(9-19)15(21)10-24-17(22)11-23-16-8-6-5-7-14(16)18(2,3)4/h5-8,13,20H,10-11H2,1-4H3. The highest BCUT2D eigenvalue weighted by molar-refractivity contribution is 6.06. The SMILES string of the molecule is CC(=N)C(C#N)C(=O)COC(=O)COc1ccccc1C(C)(C)C. The van der Waals surface area contributed by atoms with Crippen molar-refractivity contribution in [1.82, 2.24) is 0 Å². The van der Waals surface area contributed by atoms with Gasteiger partial charge in [-0.2, -0.15) is 5.26 Å². The first-order chi connectivity index (χ1) is 11.2. The van der Waals surface area contributed by atoms with Crippen molar-refractivity contribution in [3.05, 3.63) is 29.8 Å². The van der Waals surface area contributed by atoms with Crippen LogP contribution in [-0.2, 0) is 19.7 Å². The Hall–Kier alpha value is -2.68. The van der Waals surface area contributed by atoms with Crippen molar-refractivity contribution in [3.63, 3.8) is 0 Å². The van der Waals surface area contributed by atoms with Crippen LogP contribution in [0.25, 0.3) is 0 Å². The molecule has 0 spiro atoms. The first kappa shape index (κ1) is 19.4. The molecule has 1 unspecified atom stereocenters. The summed E-state index contributed by atoms with van der Waals surface area (Å²) in [5.74, 6) is -1.92. The van der Waals surface area contributed by atoms with Crippen molar-refractivity contribution >= 4 is 17.5 Å². The number of esters is 1. The second-order valence-corrected chi connectivity index (χ2v) is 6.41. The van der Waals surface area contributed by atoms with Crippen LogP contribution in [0.2, 0.25) is 0 Å². The minimum absolute atomic E-state index is 0.0751. The van der Waals surface area contributed by atoms with Crippen LogP contribution in [0, 0.1) is 22.7 Å². The number of para-hydroxylation sites is 1. The molecule has 1 aromatic rings. The van der Waals surface area contributed by atoms with Crippen molar-refractivity contribution in [2.45, 2.75) is 33.1 Å². The number of nitrogens with zero attached hydrogens (tertiary/aromatic N) is 1. The zero-order valence-corrected chi connectivity index (χ0v) is 14.4. The molecular formula is C18H22N2O4. The minimum atomic E-state index is -1.18. The molecule has 6 heteroatoms. The van der Waals surface area contributed by atoms with Crippen molar-refractivity contribution in [2.75, 3.05) is 13.2 Å². The molecule has 1 aromatic carbocycles. The van der Waals surface area contributed by atoms with E-state index >= 15 is 0 Å². The van der Waals surface area contributed by atoms with E-state index in [1.165, 1.54) is 6.92 Å². The molecule has 1 N–H and O–H groups in total. The normalized spacial score (nSPS) is 12.0. The number of carbonyl (C=O) groups is 2. The number of hydrogen-bond donors (Lipinski definition) is 1. The van der Waals surface area contributed by atoms with E-state index in [-0.39, 0.29) is 17.7 Å². The average Bonchev–Trinajstić information content (AvgIpc) is 2.50. The summed E-state index contributed by atoms with van der Waals surface area (Å²) in [5, 5.41) is 16.1. The molecule has 0 aliphatic carbocycles. The molecule has 0 aliphatic rings. The van der Waals surface area contributed by atoms with Gasteiger partial charge >= 0.3 is 5.97 Å². The van der Waals surface area contributed by atoms with Gasteiger partial charge in [0, 0.05) is 5.71 Å². The number of ether oxygens (including phenoxy) is 2. The van der Waals surface area contributed by atoms with Crippen LogP contribution in [0.4, 0.5) is 0 Å². The van der Waals surface area contributed by atoms with Gasteiger partial charge < -0.3 is 14.9 Å². The molecule has 0 radical (unpaired) electrons. The zero-order valence-electron chi connectivity index (χ0n) is 14.4. The predicted molar refractivity (Wildman–Crippen MR) is 89.1 cm³/mol. The maximum atomic E-state index is 11.7. The van der Waals surface area contributed by atoms with Gasteiger partial charge in [-0.15, -0.1) is 0 Å². The summed E-state index contributed by atoms with van der Waals surface area (Å²) in [6.07, 6.45) is 0. The van der Waals surface area contributed by atoms with Gasteiger partial charge in [0.05, 0.1) is 6.07 Å². The summed E-state index contributed by atoms with van der Waals surface area (Å²) in [5.41, 5.74) is 0.740. The quantitative estimate of drug-likeness (QED) is 0.612. The first-order valence-corrected chi connectivity index (χ1v) is 7.52. The third-order valence-corrected chi connectivity index (χ3v) is 3.30. The highest BCUT2D eigenvalue weighted by Gasteiger charge is 2.22. The van der Waals surface area contributed by atoms with E-state index in [4.69, 9.17) is 20.1 Å².